The first-order valence-electron chi connectivity index (χ1n) is 7.79. The molecule has 0 aliphatic carbocycles. The van der Waals surface area contributed by atoms with E-state index in [2.05, 4.69) is 41.0 Å². The Bertz CT molecular complexity index is 998. The number of hydrogen-bond acceptors (Lipinski definition) is 5. The van der Waals surface area contributed by atoms with Gasteiger partial charge in [0.25, 0.3) is 0 Å². The van der Waals surface area contributed by atoms with Crippen LogP contribution >= 0.6 is 0 Å². The maximum absolute atomic E-state index is 5.42. The monoisotopic (exact) mass is 308 g/mol. The summed E-state index contributed by atoms with van der Waals surface area (Å²) in [7, 11) is 0. The van der Waals surface area contributed by atoms with E-state index in [9.17, 15) is 0 Å². The molecule has 0 radical (unpaired) electrons. The van der Waals surface area contributed by atoms with E-state index in [0.29, 0.717) is 0 Å². The van der Waals surface area contributed by atoms with Crippen molar-refractivity contribution < 1.29 is 4.74 Å². The summed E-state index contributed by atoms with van der Waals surface area (Å²) in [4.78, 5) is 6.67. The number of morpholine rings is 1. The predicted molar refractivity (Wildman–Crippen MR) is 85.3 cm³/mol. The van der Waals surface area contributed by atoms with Crippen molar-refractivity contribution in [3.8, 4) is 0 Å². The molecule has 0 N–H and O–H groups in total. The Balaban J connectivity index is 1.75. The number of nitrogens with zero attached hydrogens (tertiary/aromatic N) is 6. The molecule has 1 aromatic carbocycles. The maximum Gasteiger partial charge on any atom is 0.171 e. The Kier molecular flexibility index (Phi) is 2.82. The smallest absolute Gasteiger partial charge is 0.171 e. The van der Waals surface area contributed by atoms with Gasteiger partial charge in [0.05, 0.1) is 31.5 Å². The molecule has 1 aliphatic heterocycles. The van der Waals surface area contributed by atoms with Crippen molar-refractivity contribution in [1.29, 1.82) is 0 Å². The summed E-state index contributed by atoms with van der Waals surface area (Å²) in [6.07, 6.45) is 3.71. The third-order valence-electron chi connectivity index (χ3n) is 4.45. The quantitative estimate of drug-likeness (QED) is 0.559. The lowest BCUT2D eigenvalue weighted by Crippen LogP contribution is -2.36. The minimum atomic E-state index is 0.768. The first kappa shape index (κ1) is 13.0. The second-order valence-corrected chi connectivity index (χ2v) is 5.80. The van der Waals surface area contributed by atoms with E-state index in [-0.39, 0.29) is 0 Å². The zero-order valence-electron chi connectivity index (χ0n) is 12.6. The Morgan fingerprint density at radius 2 is 1.96 bits per heavy atom. The van der Waals surface area contributed by atoms with Gasteiger partial charge >= 0.3 is 0 Å². The highest BCUT2D eigenvalue weighted by molar-refractivity contribution is 5.93. The molecule has 4 heterocycles. The highest BCUT2D eigenvalue weighted by atomic mass is 16.5. The predicted octanol–water partition coefficient (Wildman–Crippen LogP) is 1.36. The van der Waals surface area contributed by atoms with E-state index >= 15 is 0 Å². The fourth-order valence-electron chi connectivity index (χ4n) is 3.31. The van der Waals surface area contributed by atoms with E-state index in [1.807, 2.05) is 24.7 Å². The minimum Gasteiger partial charge on any atom is -0.379 e. The fraction of sp³-hybridized carbons (Fsp3) is 0.312. The SMILES string of the molecule is c1ccc2c(c1)c1nnc(CN3CCOCC3)n1c1cncn21. The van der Waals surface area contributed by atoms with E-state index < -0.39 is 0 Å². The first-order valence-corrected chi connectivity index (χ1v) is 7.79. The molecule has 0 amide bonds. The summed E-state index contributed by atoms with van der Waals surface area (Å²) in [5.41, 5.74) is 2.97. The van der Waals surface area contributed by atoms with Crippen molar-refractivity contribution in [3.05, 3.63) is 42.6 Å². The van der Waals surface area contributed by atoms with Gasteiger partial charge in [0.1, 0.15) is 12.0 Å². The van der Waals surface area contributed by atoms with Crippen LogP contribution in [0.5, 0.6) is 0 Å². The number of ether oxygens (including phenoxy) is 1. The van der Waals surface area contributed by atoms with Gasteiger partial charge < -0.3 is 4.74 Å². The van der Waals surface area contributed by atoms with Crippen LogP contribution in [0.2, 0.25) is 0 Å². The Labute approximate surface area is 132 Å². The van der Waals surface area contributed by atoms with Crippen LogP contribution in [-0.4, -0.2) is 55.2 Å². The number of para-hydroxylation sites is 1. The van der Waals surface area contributed by atoms with Crippen LogP contribution in [0.25, 0.3) is 22.2 Å². The fourth-order valence-corrected chi connectivity index (χ4v) is 3.31. The molecule has 1 fully saturated rings. The standard InChI is InChI=1S/C16H16N6O/c1-2-4-13-12(3-1)16-19-18-14(10-20-5-7-23-8-6-20)22(16)15-9-17-11-21(13)15/h1-4,9,11H,5-8,10H2. The van der Waals surface area contributed by atoms with Crippen LogP contribution in [-0.2, 0) is 11.3 Å². The maximum atomic E-state index is 5.42. The number of aromatic nitrogens is 5. The topological polar surface area (TPSA) is 60.0 Å². The molecular weight excluding hydrogens is 292 g/mol. The number of hydrogen-bond donors (Lipinski definition) is 0. The number of imidazole rings is 1. The van der Waals surface area contributed by atoms with Gasteiger partial charge in [-0.15, -0.1) is 10.2 Å². The zero-order chi connectivity index (χ0) is 15.2. The summed E-state index contributed by atoms with van der Waals surface area (Å²) in [5.74, 6) is 0.943. The highest BCUT2D eigenvalue weighted by Gasteiger charge is 2.18. The molecule has 23 heavy (non-hydrogen) atoms. The van der Waals surface area contributed by atoms with Crippen LogP contribution in [0.15, 0.2) is 36.8 Å². The summed E-state index contributed by atoms with van der Waals surface area (Å²) in [5, 5.41) is 10.00. The van der Waals surface area contributed by atoms with Crippen LogP contribution in [0, 0.1) is 0 Å². The lowest BCUT2D eigenvalue weighted by atomic mass is 10.2. The minimum absolute atomic E-state index is 0.768. The van der Waals surface area contributed by atoms with Gasteiger partial charge in [0.2, 0.25) is 0 Å². The van der Waals surface area contributed by atoms with Gasteiger partial charge in [0.15, 0.2) is 11.5 Å². The third kappa shape index (κ3) is 1.94. The van der Waals surface area contributed by atoms with Crippen LogP contribution in [0.3, 0.4) is 0 Å². The van der Waals surface area contributed by atoms with Crippen molar-refractivity contribution in [2.24, 2.45) is 0 Å². The summed E-state index contributed by atoms with van der Waals surface area (Å²) < 4.78 is 9.63. The summed E-state index contributed by atoms with van der Waals surface area (Å²) >= 11 is 0. The summed E-state index contributed by atoms with van der Waals surface area (Å²) in [6.45, 7) is 4.18. The second kappa shape index (κ2) is 5.00. The molecule has 3 aromatic heterocycles. The van der Waals surface area contributed by atoms with Crippen LogP contribution in [0.4, 0.5) is 0 Å². The number of fused-ring (bicyclic) bond motifs is 6. The summed E-state index contributed by atoms with van der Waals surface area (Å²) in [6, 6.07) is 8.22. The van der Waals surface area contributed by atoms with E-state index in [1.165, 1.54) is 0 Å². The highest BCUT2D eigenvalue weighted by Crippen LogP contribution is 2.23. The molecule has 0 bridgehead atoms. The van der Waals surface area contributed by atoms with Gasteiger partial charge in [-0.3, -0.25) is 13.7 Å². The molecule has 7 heteroatoms. The largest absolute Gasteiger partial charge is 0.379 e. The third-order valence-corrected chi connectivity index (χ3v) is 4.45. The molecule has 1 saturated heterocycles. The van der Waals surface area contributed by atoms with Crippen LogP contribution in [0.1, 0.15) is 5.82 Å². The van der Waals surface area contributed by atoms with E-state index in [1.54, 1.807) is 0 Å². The Hall–Kier alpha value is -2.51. The van der Waals surface area contributed by atoms with Gasteiger partial charge in [-0.1, -0.05) is 12.1 Å². The van der Waals surface area contributed by atoms with Crippen molar-refractivity contribution in [2.45, 2.75) is 6.54 Å². The molecule has 0 spiro atoms. The Morgan fingerprint density at radius 1 is 1.09 bits per heavy atom. The van der Waals surface area contributed by atoms with Crippen molar-refractivity contribution in [2.75, 3.05) is 26.3 Å². The molecule has 0 atom stereocenters. The van der Waals surface area contributed by atoms with Crippen molar-refractivity contribution in [3.63, 3.8) is 0 Å². The van der Waals surface area contributed by atoms with Crippen molar-refractivity contribution in [1.82, 2.24) is 28.9 Å². The van der Waals surface area contributed by atoms with Gasteiger partial charge in [-0.05, 0) is 12.1 Å². The molecule has 4 aromatic rings. The van der Waals surface area contributed by atoms with Crippen molar-refractivity contribution >= 4 is 22.2 Å². The molecule has 0 saturated carbocycles. The number of rotatable bonds is 2. The van der Waals surface area contributed by atoms with Gasteiger partial charge in [-0.25, -0.2) is 4.98 Å². The van der Waals surface area contributed by atoms with Gasteiger partial charge in [-0.2, -0.15) is 0 Å². The number of benzene rings is 1. The lowest BCUT2D eigenvalue weighted by Gasteiger charge is -2.25. The average Bonchev–Trinajstić information content (AvgIpc) is 3.23. The van der Waals surface area contributed by atoms with E-state index in [4.69, 9.17) is 4.74 Å². The molecule has 1 aliphatic rings. The average molecular weight is 308 g/mol. The molecule has 7 nitrogen and oxygen atoms in total. The van der Waals surface area contributed by atoms with Gasteiger partial charge in [0, 0.05) is 18.5 Å². The first-order chi connectivity index (χ1) is 11.4. The molecule has 5 rings (SSSR count). The second-order valence-electron chi connectivity index (χ2n) is 5.80. The van der Waals surface area contributed by atoms with Crippen LogP contribution < -0.4 is 0 Å². The molecule has 116 valence electrons. The molecule has 0 unspecified atom stereocenters. The lowest BCUT2D eigenvalue weighted by molar-refractivity contribution is 0.0329. The van der Waals surface area contributed by atoms with E-state index in [0.717, 1.165) is 60.9 Å². The Morgan fingerprint density at radius 3 is 2.87 bits per heavy atom. The zero-order valence-corrected chi connectivity index (χ0v) is 12.6. The normalized spacial score (nSPS) is 16.7. The molecular formula is C16H16N6O.